The van der Waals surface area contributed by atoms with E-state index in [1.807, 2.05) is 0 Å². The third-order valence-corrected chi connectivity index (χ3v) is 5.92. The summed E-state index contributed by atoms with van der Waals surface area (Å²) in [6.45, 7) is 0.977. The van der Waals surface area contributed by atoms with Crippen LogP contribution in [0.1, 0.15) is 33.2 Å². The molecule has 0 saturated carbocycles. The highest BCUT2D eigenvalue weighted by Gasteiger charge is 2.49. The van der Waals surface area contributed by atoms with Gasteiger partial charge in [-0.15, -0.1) is 0 Å². The van der Waals surface area contributed by atoms with Crippen LogP contribution in [0.2, 0.25) is 10.0 Å². The predicted molar refractivity (Wildman–Crippen MR) is 115 cm³/mol. The average molecular weight is 542 g/mol. The minimum Gasteiger partial charge on any atom is -0.467 e. The van der Waals surface area contributed by atoms with Crippen LogP contribution in [0.4, 0.5) is 13.2 Å². The largest absolute Gasteiger partial charge is 0.534 e. The number of Topliss-reactive ketones (excluding diaryl/α,β-unsaturated/α-hetero) is 1. The summed E-state index contributed by atoms with van der Waals surface area (Å²) in [5.74, 6) is -3.36. The smallest absolute Gasteiger partial charge is 0.467 e. The summed E-state index contributed by atoms with van der Waals surface area (Å²) in [4.78, 5) is 36.8. The van der Waals surface area contributed by atoms with Crippen LogP contribution < -0.4 is 9.50 Å². The van der Waals surface area contributed by atoms with Crippen LogP contribution in [-0.2, 0) is 26.1 Å². The van der Waals surface area contributed by atoms with Crippen LogP contribution in [0, 0.1) is 0 Å². The zero-order valence-electron chi connectivity index (χ0n) is 17.4. The van der Waals surface area contributed by atoms with Gasteiger partial charge in [0.05, 0.1) is 28.3 Å². The molecule has 2 rings (SSSR count). The molecular formula is C20H16Cl2F3NO7S. The minimum atomic E-state index is -6.02. The summed E-state index contributed by atoms with van der Waals surface area (Å²) < 4.78 is 69.3. The van der Waals surface area contributed by atoms with Gasteiger partial charge in [0.15, 0.2) is 11.5 Å². The van der Waals surface area contributed by atoms with Gasteiger partial charge in [-0.1, -0.05) is 35.3 Å². The molecule has 0 radical (unpaired) electrons. The lowest BCUT2D eigenvalue weighted by Crippen LogP contribution is -2.43. The Hall–Kier alpha value is -2.83. The molecule has 1 amide bonds. The number of hydrogen-bond donors (Lipinski definition) is 1. The van der Waals surface area contributed by atoms with Crippen molar-refractivity contribution in [1.82, 2.24) is 5.32 Å². The fourth-order valence-corrected chi connectivity index (χ4v) is 3.78. The molecule has 0 aliphatic heterocycles. The lowest BCUT2D eigenvalue weighted by atomic mass is 10.0. The second-order valence-electron chi connectivity index (χ2n) is 6.72. The standard InChI is InChI=1S/C20H16Cl2F3NO7S/c1-10(27)12-8-11(6-7-16(12)33-34(30,31)20(23,24)25)9-15(19(29)32-2)26-18(28)17-13(21)4-3-5-14(17)22/h3-8,15H,9H2,1-2H3,(H,26,28). The third-order valence-electron chi connectivity index (χ3n) is 4.33. The Labute approximate surface area is 202 Å². The van der Waals surface area contributed by atoms with E-state index in [0.717, 1.165) is 32.2 Å². The Bertz CT molecular complexity index is 1210. The van der Waals surface area contributed by atoms with E-state index in [9.17, 15) is 36.0 Å². The number of benzene rings is 2. The molecule has 0 aromatic heterocycles. The first kappa shape index (κ1) is 27.4. The molecule has 2 aromatic carbocycles. The van der Waals surface area contributed by atoms with Crippen molar-refractivity contribution >= 4 is 51.0 Å². The van der Waals surface area contributed by atoms with Crippen molar-refractivity contribution in [2.24, 2.45) is 0 Å². The molecule has 0 aliphatic carbocycles. The number of methoxy groups -OCH3 is 1. The van der Waals surface area contributed by atoms with Crippen LogP contribution in [0.3, 0.4) is 0 Å². The van der Waals surface area contributed by atoms with E-state index < -0.39 is 50.6 Å². The number of nitrogens with one attached hydrogen (secondary N) is 1. The Kier molecular flexibility index (Phi) is 8.56. The monoisotopic (exact) mass is 541 g/mol. The van der Waals surface area contributed by atoms with E-state index in [2.05, 4.69) is 14.2 Å². The van der Waals surface area contributed by atoms with E-state index in [1.165, 1.54) is 18.2 Å². The first-order chi connectivity index (χ1) is 15.7. The molecular weight excluding hydrogens is 526 g/mol. The number of hydrogen-bond acceptors (Lipinski definition) is 7. The molecule has 0 bridgehead atoms. The lowest BCUT2D eigenvalue weighted by Gasteiger charge is -2.18. The molecule has 0 saturated heterocycles. The van der Waals surface area contributed by atoms with Crippen LogP contribution in [-0.4, -0.2) is 44.7 Å². The van der Waals surface area contributed by atoms with Crippen molar-refractivity contribution in [3.8, 4) is 5.75 Å². The number of carbonyl (C=O) groups is 3. The number of carbonyl (C=O) groups excluding carboxylic acids is 3. The molecule has 1 atom stereocenters. The summed E-state index contributed by atoms with van der Waals surface area (Å²) in [5.41, 5.74) is -6.14. The van der Waals surface area contributed by atoms with Crippen LogP contribution in [0.15, 0.2) is 36.4 Å². The quantitative estimate of drug-likeness (QED) is 0.233. The molecule has 1 unspecified atom stereocenters. The van der Waals surface area contributed by atoms with Gasteiger partial charge in [0, 0.05) is 6.42 Å². The van der Waals surface area contributed by atoms with E-state index in [1.54, 1.807) is 0 Å². The van der Waals surface area contributed by atoms with Crippen molar-refractivity contribution in [2.45, 2.75) is 24.9 Å². The Morgan fingerprint density at radius 1 is 1.09 bits per heavy atom. The summed E-state index contributed by atoms with van der Waals surface area (Å²) in [6.07, 6.45) is -0.285. The Morgan fingerprint density at radius 2 is 1.68 bits per heavy atom. The second-order valence-corrected chi connectivity index (χ2v) is 9.07. The van der Waals surface area contributed by atoms with Crippen molar-refractivity contribution in [1.29, 1.82) is 0 Å². The first-order valence-electron chi connectivity index (χ1n) is 9.15. The summed E-state index contributed by atoms with van der Waals surface area (Å²) >= 11 is 12.0. The minimum absolute atomic E-state index is 0.0138. The molecule has 0 aliphatic rings. The lowest BCUT2D eigenvalue weighted by molar-refractivity contribution is -0.142. The maximum absolute atomic E-state index is 12.7. The van der Waals surface area contributed by atoms with Gasteiger partial charge in [0.25, 0.3) is 5.91 Å². The number of ether oxygens (including phenoxy) is 1. The van der Waals surface area contributed by atoms with Crippen LogP contribution in [0.25, 0.3) is 0 Å². The van der Waals surface area contributed by atoms with E-state index >= 15 is 0 Å². The molecule has 14 heteroatoms. The van der Waals surface area contributed by atoms with Gasteiger partial charge < -0.3 is 14.2 Å². The molecule has 8 nitrogen and oxygen atoms in total. The Morgan fingerprint density at radius 3 is 2.18 bits per heavy atom. The highest BCUT2D eigenvalue weighted by atomic mass is 35.5. The normalized spacial score (nSPS) is 12.6. The fourth-order valence-electron chi connectivity index (χ4n) is 2.73. The molecule has 0 fully saturated rings. The van der Waals surface area contributed by atoms with Gasteiger partial charge >= 0.3 is 21.6 Å². The van der Waals surface area contributed by atoms with E-state index in [0.29, 0.717) is 0 Å². The third kappa shape index (κ3) is 6.39. The van der Waals surface area contributed by atoms with E-state index in [-0.39, 0.29) is 27.6 Å². The summed E-state index contributed by atoms with van der Waals surface area (Å²) in [5, 5.41) is 2.42. The van der Waals surface area contributed by atoms with Crippen LogP contribution in [0.5, 0.6) is 5.75 Å². The number of halogens is 5. The number of ketones is 1. The predicted octanol–water partition coefficient (Wildman–Crippen LogP) is 3.94. The molecule has 1 N–H and O–H groups in total. The molecule has 34 heavy (non-hydrogen) atoms. The number of esters is 1. The number of amides is 1. The second kappa shape index (κ2) is 10.6. The van der Waals surface area contributed by atoms with E-state index in [4.69, 9.17) is 23.2 Å². The van der Waals surface area contributed by atoms with Crippen molar-refractivity contribution < 1.29 is 44.9 Å². The molecule has 0 spiro atoms. The molecule has 184 valence electrons. The molecule has 0 heterocycles. The topological polar surface area (TPSA) is 116 Å². The molecule has 2 aromatic rings. The van der Waals surface area contributed by atoms with Gasteiger partial charge in [-0.05, 0) is 36.8 Å². The number of alkyl halides is 3. The summed E-state index contributed by atoms with van der Waals surface area (Å²) in [7, 11) is -4.96. The maximum atomic E-state index is 12.7. The average Bonchev–Trinajstić information content (AvgIpc) is 2.72. The fraction of sp³-hybridized carbons (Fsp3) is 0.250. The highest BCUT2D eigenvalue weighted by Crippen LogP contribution is 2.30. The first-order valence-corrected chi connectivity index (χ1v) is 11.3. The maximum Gasteiger partial charge on any atom is 0.534 e. The van der Waals surface area contributed by atoms with Crippen molar-refractivity contribution in [3.05, 3.63) is 63.1 Å². The van der Waals surface area contributed by atoms with Gasteiger partial charge in [-0.3, -0.25) is 9.59 Å². The van der Waals surface area contributed by atoms with Crippen molar-refractivity contribution in [3.63, 3.8) is 0 Å². The SMILES string of the molecule is COC(=O)C(Cc1ccc(OS(=O)(=O)C(F)(F)F)c(C(C)=O)c1)NC(=O)c1c(Cl)cccc1Cl. The summed E-state index contributed by atoms with van der Waals surface area (Å²) in [6, 6.07) is 5.98. The van der Waals surface area contributed by atoms with Gasteiger partial charge in [0.1, 0.15) is 6.04 Å². The van der Waals surface area contributed by atoms with Gasteiger partial charge in [-0.25, -0.2) is 4.79 Å². The van der Waals surface area contributed by atoms with Crippen molar-refractivity contribution in [2.75, 3.05) is 7.11 Å². The zero-order valence-corrected chi connectivity index (χ0v) is 19.7. The zero-order chi connectivity index (χ0) is 25.8. The van der Waals surface area contributed by atoms with Crippen LogP contribution >= 0.6 is 23.2 Å². The Balaban J connectivity index is 2.37. The highest BCUT2D eigenvalue weighted by molar-refractivity contribution is 7.88. The van der Waals surface area contributed by atoms with Gasteiger partial charge in [0.2, 0.25) is 0 Å². The van der Waals surface area contributed by atoms with Gasteiger partial charge in [-0.2, -0.15) is 21.6 Å². The number of rotatable bonds is 8.